The predicted molar refractivity (Wildman–Crippen MR) is 98.1 cm³/mol. The number of carbonyl (C=O) groups is 1. The molecule has 0 saturated heterocycles. The standard InChI is InChI=1S/C17H20N6O2S/c1-9(2)16-19-13-8-11(4-7-14(13)25-16)18-15(24)10(3)26-17-20-21-22-23(17)12-5-6-12/h4,7-10,12H,5-6H2,1-3H3,(H,18,24). The first-order chi connectivity index (χ1) is 12.5. The molecule has 3 aromatic rings. The van der Waals surface area contributed by atoms with Crippen LogP contribution in [0.2, 0.25) is 0 Å². The molecule has 2 heterocycles. The van der Waals surface area contributed by atoms with Crippen molar-refractivity contribution in [2.24, 2.45) is 0 Å². The largest absolute Gasteiger partial charge is 0.440 e. The highest BCUT2D eigenvalue weighted by molar-refractivity contribution is 8.00. The molecule has 2 aromatic heterocycles. The molecule has 136 valence electrons. The summed E-state index contributed by atoms with van der Waals surface area (Å²) in [6, 6.07) is 5.86. The summed E-state index contributed by atoms with van der Waals surface area (Å²) in [5, 5.41) is 15.1. The number of hydrogen-bond acceptors (Lipinski definition) is 7. The summed E-state index contributed by atoms with van der Waals surface area (Å²) in [4.78, 5) is 17.0. The number of hydrogen-bond donors (Lipinski definition) is 1. The van der Waals surface area contributed by atoms with Crippen LogP contribution in [-0.2, 0) is 4.79 Å². The molecule has 1 saturated carbocycles. The summed E-state index contributed by atoms with van der Waals surface area (Å²) in [5.74, 6) is 0.806. The number of amides is 1. The molecule has 1 N–H and O–H groups in total. The van der Waals surface area contributed by atoms with Crippen molar-refractivity contribution in [1.29, 1.82) is 0 Å². The maximum Gasteiger partial charge on any atom is 0.237 e. The number of fused-ring (bicyclic) bond motifs is 1. The first-order valence-electron chi connectivity index (χ1n) is 8.67. The van der Waals surface area contributed by atoms with E-state index in [1.807, 2.05) is 43.7 Å². The summed E-state index contributed by atoms with van der Waals surface area (Å²) in [7, 11) is 0. The molecule has 1 atom stereocenters. The highest BCUT2D eigenvalue weighted by Crippen LogP contribution is 2.37. The van der Waals surface area contributed by atoms with Crippen LogP contribution in [0.15, 0.2) is 27.8 Å². The second-order valence-electron chi connectivity index (χ2n) is 6.78. The Labute approximate surface area is 154 Å². The maximum atomic E-state index is 12.5. The van der Waals surface area contributed by atoms with Gasteiger partial charge in [0.1, 0.15) is 5.52 Å². The van der Waals surface area contributed by atoms with E-state index in [0.29, 0.717) is 22.8 Å². The van der Waals surface area contributed by atoms with E-state index in [1.54, 1.807) is 0 Å². The van der Waals surface area contributed by atoms with E-state index in [2.05, 4.69) is 25.8 Å². The third-order valence-electron chi connectivity index (χ3n) is 4.17. The van der Waals surface area contributed by atoms with Crippen LogP contribution >= 0.6 is 11.8 Å². The summed E-state index contributed by atoms with van der Waals surface area (Å²) in [6.45, 7) is 5.90. The molecule has 4 rings (SSSR count). The Bertz CT molecular complexity index is 946. The van der Waals surface area contributed by atoms with Crippen molar-refractivity contribution in [3.63, 3.8) is 0 Å². The van der Waals surface area contributed by atoms with Crippen LogP contribution in [-0.4, -0.2) is 36.3 Å². The van der Waals surface area contributed by atoms with Gasteiger partial charge in [-0.25, -0.2) is 9.67 Å². The molecule has 0 spiro atoms. The number of tetrazole rings is 1. The topological polar surface area (TPSA) is 98.7 Å². The Morgan fingerprint density at radius 1 is 1.35 bits per heavy atom. The molecule has 1 aliphatic carbocycles. The first-order valence-corrected chi connectivity index (χ1v) is 9.55. The number of rotatable bonds is 6. The smallest absolute Gasteiger partial charge is 0.237 e. The summed E-state index contributed by atoms with van der Waals surface area (Å²) in [6.07, 6.45) is 2.19. The van der Waals surface area contributed by atoms with Crippen molar-refractivity contribution in [3.05, 3.63) is 24.1 Å². The number of oxazole rings is 1. The van der Waals surface area contributed by atoms with Gasteiger partial charge >= 0.3 is 0 Å². The molecule has 0 aliphatic heterocycles. The fourth-order valence-corrected chi connectivity index (χ4v) is 3.40. The Morgan fingerprint density at radius 3 is 2.88 bits per heavy atom. The van der Waals surface area contributed by atoms with Crippen LogP contribution < -0.4 is 5.32 Å². The van der Waals surface area contributed by atoms with Gasteiger partial charge in [-0.3, -0.25) is 4.79 Å². The van der Waals surface area contributed by atoms with E-state index in [9.17, 15) is 4.79 Å². The zero-order valence-corrected chi connectivity index (χ0v) is 15.7. The van der Waals surface area contributed by atoms with Gasteiger partial charge in [0.05, 0.1) is 11.3 Å². The van der Waals surface area contributed by atoms with E-state index < -0.39 is 0 Å². The number of aromatic nitrogens is 5. The number of carbonyl (C=O) groups excluding carboxylic acids is 1. The van der Waals surface area contributed by atoms with Crippen LogP contribution in [0.4, 0.5) is 5.69 Å². The van der Waals surface area contributed by atoms with Crippen LogP contribution in [0.1, 0.15) is 51.5 Å². The van der Waals surface area contributed by atoms with Crippen LogP contribution in [0, 0.1) is 0 Å². The quantitative estimate of drug-likeness (QED) is 0.662. The Hall–Kier alpha value is -2.42. The fourth-order valence-electron chi connectivity index (χ4n) is 2.54. The third kappa shape index (κ3) is 3.44. The van der Waals surface area contributed by atoms with E-state index in [0.717, 1.165) is 23.9 Å². The fraction of sp³-hybridized carbons (Fsp3) is 0.471. The predicted octanol–water partition coefficient (Wildman–Crippen LogP) is 3.39. The highest BCUT2D eigenvalue weighted by atomic mass is 32.2. The average Bonchev–Trinajstić information content (AvgIpc) is 3.19. The molecule has 1 amide bonds. The molecule has 26 heavy (non-hydrogen) atoms. The monoisotopic (exact) mass is 372 g/mol. The Kier molecular flexibility index (Phi) is 4.39. The molecule has 1 aromatic carbocycles. The maximum absolute atomic E-state index is 12.5. The lowest BCUT2D eigenvalue weighted by molar-refractivity contribution is -0.115. The van der Waals surface area contributed by atoms with E-state index in [4.69, 9.17) is 4.42 Å². The van der Waals surface area contributed by atoms with Gasteiger partial charge in [-0.2, -0.15) is 0 Å². The molecule has 0 radical (unpaired) electrons. The van der Waals surface area contributed by atoms with Crippen LogP contribution in [0.5, 0.6) is 0 Å². The lowest BCUT2D eigenvalue weighted by atomic mass is 10.2. The molecular weight excluding hydrogens is 352 g/mol. The van der Waals surface area contributed by atoms with Crippen LogP contribution in [0.3, 0.4) is 0 Å². The number of anilines is 1. The number of nitrogens with zero attached hydrogens (tertiary/aromatic N) is 5. The third-order valence-corrected chi connectivity index (χ3v) is 5.22. The zero-order chi connectivity index (χ0) is 18.3. The SMILES string of the molecule is CC(Sc1nnnn1C1CC1)C(=O)Nc1ccc2oc(C(C)C)nc2c1. The van der Waals surface area contributed by atoms with Crippen LogP contribution in [0.25, 0.3) is 11.1 Å². The summed E-state index contributed by atoms with van der Waals surface area (Å²) < 4.78 is 7.50. The van der Waals surface area contributed by atoms with Gasteiger partial charge in [0.25, 0.3) is 0 Å². The average molecular weight is 372 g/mol. The summed E-state index contributed by atoms with van der Waals surface area (Å²) >= 11 is 1.36. The van der Waals surface area contributed by atoms with Crippen molar-refractivity contribution in [2.45, 2.75) is 56.0 Å². The van der Waals surface area contributed by atoms with Crippen molar-refractivity contribution < 1.29 is 9.21 Å². The number of nitrogens with one attached hydrogen (secondary N) is 1. The highest BCUT2D eigenvalue weighted by Gasteiger charge is 2.29. The van der Waals surface area contributed by atoms with Crippen molar-refractivity contribution in [3.8, 4) is 0 Å². The minimum atomic E-state index is -0.322. The first kappa shape index (κ1) is 17.0. The Morgan fingerprint density at radius 2 is 2.15 bits per heavy atom. The van der Waals surface area contributed by atoms with Gasteiger partial charge < -0.3 is 9.73 Å². The number of thioether (sulfide) groups is 1. The normalized spacial score (nSPS) is 15.5. The minimum Gasteiger partial charge on any atom is -0.440 e. The van der Waals surface area contributed by atoms with Crippen molar-refractivity contribution >= 4 is 34.5 Å². The van der Waals surface area contributed by atoms with Gasteiger partial charge in [0, 0.05) is 11.6 Å². The van der Waals surface area contributed by atoms with Crippen molar-refractivity contribution in [1.82, 2.24) is 25.2 Å². The minimum absolute atomic E-state index is 0.104. The molecule has 1 fully saturated rings. The lowest BCUT2D eigenvalue weighted by Gasteiger charge is -2.11. The second kappa shape index (κ2) is 6.71. The molecule has 1 aliphatic rings. The second-order valence-corrected chi connectivity index (χ2v) is 8.08. The van der Waals surface area contributed by atoms with E-state index in [1.165, 1.54) is 11.8 Å². The molecular formula is C17H20N6O2S. The molecule has 8 nitrogen and oxygen atoms in total. The van der Waals surface area contributed by atoms with Gasteiger partial charge in [-0.05, 0) is 48.4 Å². The Balaban J connectivity index is 1.44. The number of benzene rings is 1. The van der Waals surface area contributed by atoms with Crippen molar-refractivity contribution in [2.75, 3.05) is 5.32 Å². The van der Waals surface area contributed by atoms with Gasteiger partial charge in [0.2, 0.25) is 11.1 Å². The lowest BCUT2D eigenvalue weighted by Crippen LogP contribution is -2.23. The molecule has 0 bridgehead atoms. The molecule has 1 unspecified atom stereocenters. The summed E-state index contributed by atoms with van der Waals surface area (Å²) in [5.41, 5.74) is 2.16. The zero-order valence-electron chi connectivity index (χ0n) is 14.8. The van der Waals surface area contributed by atoms with E-state index >= 15 is 0 Å². The molecule has 9 heteroatoms. The van der Waals surface area contributed by atoms with E-state index in [-0.39, 0.29) is 17.1 Å². The van der Waals surface area contributed by atoms with Gasteiger partial charge in [0.15, 0.2) is 11.5 Å². The van der Waals surface area contributed by atoms with Gasteiger partial charge in [-0.15, -0.1) is 5.10 Å². The van der Waals surface area contributed by atoms with Gasteiger partial charge in [-0.1, -0.05) is 25.6 Å².